The van der Waals surface area contributed by atoms with E-state index in [4.69, 9.17) is 14.2 Å². The second-order valence-electron chi connectivity index (χ2n) is 6.41. The van der Waals surface area contributed by atoms with Crippen LogP contribution in [0.25, 0.3) is 0 Å². The van der Waals surface area contributed by atoms with Crippen molar-refractivity contribution in [3.05, 3.63) is 35.4 Å². The highest BCUT2D eigenvalue weighted by Gasteiger charge is 2.20. The molecule has 1 rings (SSSR count). The largest absolute Gasteiger partial charge is 0.330 e. The molecule has 0 saturated carbocycles. The average Bonchev–Trinajstić information content (AvgIpc) is 2.62. The SMILES string of the molecule is CCCCCCCCCC(OC(OCC)OCC)c1ccc(F)c(F)c1. The van der Waals surface area contributed by atoms with Gasteiger partial charge in [0.2, 0.25) is 0 Å². The van der Waals surface area contributed by atoms with E-state index < -0.39 is 18.1 Å². The maximum Gasteiger partial charge on any atom is 0.272 e. The lowest BCUT2D eigenvalue weighted by atomic mass is 10.0. The van der Waals surface area contributed by atoms with Crippen LogP contribution in [-0.4, -0.2) is 19.7 Å². The van der Waals surface area contributed by atoms with Crippen molar-refractivity contribution in [1.29, 1.82) is 0 Å². The molecule has 3 nitrogen and oxygen atoms in total. The number of ether oxygens (including phenoxy) is 3. The van der Waals surface area contributed by atoms with Crippen molar-refractivity contribution < 1.29 is 23.0 Å². The number of rotatable bonds is 15. The molecule has 0 aliphatic rings. The lowest BCUT2D eigenvalue weighted by Gasteiger charge is -2.25. The molecule has 150 valence electrons. The quantitative estimate of drug-likeness (QED) is 0.259. The van der Waals surface area contributed by atoms with Crippen LogP contribution in [0.3, 0.4) is 0 Å². The van der Waals surface area contributed by atoms with E-state index in [0.29, 0.717) is 18.8 Å². The Morgan fingerprint density at radius 2 is 1.42 bits per heavy atom. The molecule has 1 aromatic carbocycles. The minimum Gasteiger partial charge on any atom is -0.330 e. The zero-order valence-electron chi connectivity index (χ0n) is 16.4. The maximum atomic E-state index is 13.6. The van der Waals surface area contributed by atoms with Gasteiger partial charge in [0.25, 0.3) is 6.48 Å². The van der Waals surface area contributed by atoms with E-state index in [2.05, 4.69) is 6.92 Å². The van der Waals surface area contributed by atoms with Crippen molar-refractivity contribution in [2.24, 2.45) is 0 Å². The van der Waals surface area contributed by atoms with E-state index in [1.165, 1.54) is 38.2 Å². The van der Waals surface area contributed by atoms with E-state index in [-0.39, 0.29) is 6.10 Å². The minimum atomic E-state index is -0.861. The summed E-state index contributed by atoms with van der Waals surface area (Å²) in [5, 5.41) is 0. The Labute approximate surface area is 157 Å². The topological polar surface area (TPSA) is 27.7 Å². The molecule has 1 unspecified atom stereocenters. The smallest absolute Gasteiger partial charge is 0.272 e. The van der Waals surface area contributed by atoms with Crippen LogP contribution < -0.4 is 0 Å². The summed E-state index contributed by atoms with van der Waals surface area (Å²) in [4.78, 5) is 0. The van der Waals surface area contributed by atoms with Gasteiger partial charge in [-0.25, -0.2) is 8.78 Å². The van der Waals surface area contributed by atoms with Crippen LogP contribution >= 0.6 is 0 Å². The van der Waals surface area contributed by atoms with E-state index in [9.17, 15) is 8.78 Å². The van der Waals surface area contributed by atoms with Gasteiger partial charge in [-0.05, 0) is 38.0 Å². The molecule has 0 aliphatic carbocycles. The third kappa shape index (κ3) is 9.06. The van der Waals surface area contributed by atoms with Crippen molar-refractivity contribution in [2.45, 2.75) is 84.7 Å². The molecule has 0 amide bonds. The van der Waals surface area contributed by atoms with E-state index in [1.54, 1.807) is 6.07 Å². The zero-order valence-corrected chi connectivity index (χ0v) is 16.4. The Morgan fingerprint density at radius 1 is 0.808 bits per heavy atom. The normalized spacial score (nSPS) is 12.7. The fraction of sp³-hybridized carbons (Fsp3) is 0.714. The van der Waals surface area contributed by atoms with Crippen molar-refractivity contribution in [2.75, 3.05) is 13.2 Å². The number of hydrogen-bond acceptors (Lipinski definition) is 3. The van der Waals surface area contributed by atoms with Crippen LogP contribution in [0.2, 0.25) is 0 Å². The van der Waals surface area contributed by atoms with Gasteiger partial charge in [0, 0.05) is 13.2 Å². The molecule has 0 N–H and O–H groups in total. The summed E-state index contributed by atoms with van der Waals surface area (Å²) in [6, 6.07) is 3.91. The van der Waals surface area contributed by atoms with Gasteiger partial charge in [0.05, 0.1) is 6.10 Å². The molecule has 0 bridgehead atoms. The van der Waals surface area contributed by atoms with Crippen LogP contribution in [0.1, 0.15) is 83.8 Å². The Bertz CT molecular complexity index is 476. The van der Waals surface area contributed by atoms with Gasteiger partial charge in [0.15, 0.2) is 11.6 Å². The predicted octanol–water partition coefficient (Wildman–Crippen LogP) is 6.52. The highest BCUT2D eigenvalue weighted by molar-refractivity contribution is 5.20. The first-order chi connectivity index (χ1) is 12.6. The molecule has 0 aliphatic heterocycles. The third-order valence-electron chi connectivity index (χ3n) is 4.27. The molecule has 0 aromatic heterocycles. The van der Waals surface area contributed by atoms with Crippen LogP contribution in [0.5, 0.6) is 0 Å². The number of hydrogen-bond donors (Lipinski definition) is 0. The summed E-state index contributed by atoms with van der Waals surface area (Å²) in [5.74, 6) is -1.71. The van der Waals surface area contributed by atoms with Crippen molar-refractivity contribution in [3.8, 4) is 0 Å². The average molecular weight is 372 g/mol. The Balaban J connectivity index is 2.63. The van der Waals surface area contributed by atoms with Gasteiger partial charge in [0.1, 0.15) is 0 Å². The number of unbranched alkanes of at least 4 members (excludes halogenated alkanes) is 6. The molecule has 0 spiro atoms. The summed E-state index contributed by atoms with van der Waals surface area (Å²) >= 11 is 0. The van der Waals surface area contributed by atoms with Crippen LogP contribution in [0.15, 0.2) is 18.2 Å². The second-order valence-corrected chi connectivity index (χ2v) is 6.41. The number of benzene rings is 1. The molecule has 0 heterocycles. The molecular weight excluding hydrogens is 338 g/mol. The van der Waals surface area contributed by atoms with Crippen molar-refractivity contribution >= 4 is 0 Å². The highest BCUT2D eigenvalue weighted by Crippen LogP contribution is 2.27. The first-order valence-electron chi connectivity index (χ1n) is 9.95. The lowest BCUT2D eigenvalue weighted by Crippen LogP contribution is -2.24. The molecule has 0 saturated heterocycles. The maximum absolute atomic E-state index is 13.6. The van der Waals surface area contributed by atoms with Crippen LogP contribution in [0, 0.1) is 11.6 Å². The number of halogens is 2. The fourth-order valence-corrected chi connectivity index (χ4v) is 2.85. The summed E-state index contributed by atoms with van der Waals surface area (Å²) < 4.78 is 43.7. The van der Waals surface area contributed by atoms with Crippen LogP contribution in [0.4, 0.5) is 8.78 Å². The molecule has 5 heteroatoms. The van der Waals surface area contributed by atoms with E-state index in [1.807, 2.05) is 13.8 Å². The van der Waals surface area contributed by atoms with E-state index in [0.717, 1.165) is 25.3 Å². The first-order valence-corrected chi connectivity index (χ1v) is 9.95. The monoisotopic (exact) mass is 372 g/mol. The first kappa shape index (κ1) is 23.0. The molecular formula is C21H34F2O3. The van der Waals surface area contributed by atoms with Gasteiger partial charge in [-0.2, -0.15) is 0 Å². The standard InChI is InChI=1S/C21H34F2O3/c1-4-7-8-9-10-11-12-13-20(26-21(24-5-2)25-6-3)17-14-15-18(22)19(23)16-17/h14-16,20-21H,4-13H2,1-3H3. The Hall–Kier alpha value is -1.04. The van der Waals surface area contributed by atoms with Crippen molar-refractivity contribution in [3.63, 3.8) is 0 Å². The van der Waals surface area contributed by atoms with Gasteiger partial charge >= 0.3 is 0 Å². The van der Waals surface area contributed by atoms with Gasteiger partial charge in [-0.15, -0.1) is 0 Å². The van der Waals surface area contributed by atoms with Gasteiger partial charge in [-0.3, -0.25) is 0 Å². The second kappa shape index (κ2) is 14.1. The third-order valence-corrected chi connectivity index (χ3v) is 4.27. The van der Waals surface area contributed by atoms with Gasteiger partial charge in [-0.1, -0.05) is 57.9 Å². The molecule has 1 atom stereocenters. The Morgan fingerprint density at radius 3 is 2.00 bits per heavy atom. The molecule has 0 fully saturated rings. The predicted molar refractivity (Wildman–Crippen MR) is 99.8 cm³/mol. The van der Waals surface area contributed by atoms with E-state index >= 15 is 0 Å². The minimum absolute atomic E-state index is 0.385. The highest BCUT2D eigenvalue weighted by atomic mass is 19.2. The summed E-state index contributed by atoms with van der Waals surface area (Å²) in [7, 11) is 0. The fourth-order valence-electron chi connectivity index (χ4n) is 2.85. The molecule has 1 aromatic rings. The van der Waals surface area contributed by atoms with Crippen molar-refractivity contribution in [1.82, 2.24) is 0 Å². The summed E-state index contributed by atoms with van der Waals surface area (Å²) in [5.41, 5.74) is 0.610. The molecule has 26 heavy (non-hydrogen) atoms. The zero-order chi connectivity index (χ0) is 19.2. The summed E-state index contributed by atoms with van der Waals surface area (Å²) in [6.07, 6.45) is 8.61. The molecule has 0 radical (unpaired) electrons. The Kier molecular flexibility index (Phi) is 12.4. The lowest BCUT2D eigenvalue weighted by molar-refractivity contribution is -0.304. The van der Waals surface area contributed by atoms with Crippen LogP contribution in [-0.2, 0) is 14.2 Å². The summed E-state index contributed by atoms with van der Waals surface area (Å²) in [6.45, 7) is 6.03. The van der Waals surface area contributed by atoms with Gasteiger partial charge < -0.3 is 14.2 Å².